The highest BCUT2D eigenvalue weighted by Gasteiger charge is 2.22. The van der Waals surface area contributed by atoms with Crippen molar-refractivity contribution in [1.29, 1.82) is 0 Å². The van der Waals surface area contributed by atoms with Gasteiger partial charge in [-0.25, -0.2) is 0 Å². The lowest BCUT2D eigenvalue weighted by Crippen LogP contribution is -2.34. The molecule has 6 heteroatoms. The van der Waals surface area contributed by atoms with Crippen molar-refractivity contribution in [3.05, 3.63) is 33.9 Å². The molecule has 1 fully saturated rings. The standard InChI is InChI=1S/C16H23N3O3/c1-11-5-6-14(19(21)22)9-15(11)18-16(20)8-12(2)13-4-3-7-17-10-13/h5-6,9,12-13,17H,3-4,7-8,10H2,1-2H3,(H,18,20). The zero-order valence-corrected chi connectivity index (χ0v) is 13.1. The van der Waals surface area contributed by atoms with Gasteiger partial charge in [0.1, 0.15) is 0 Å². The number of rotatable bonds is 5. The summed E-state index contributed by atoms with van der Waals surface area (Å²) in [6.45, 7) is 5.94. The molecule has 0 spiro atoms. The normalized spacial score (nSPS) is 19.5. The Kier molecular flexibility index (Phi) is 5.49. The fraction of sp³-hybridized carbons (Fsp3) is 0.562. The quantitative estimate of drug-likeness (QED) is 0.647. The number of non-ortho nitro benzene ring substituents is 1. The molecule has 0 bridgehead atoms. The minimum atomic E-state index is -0.453. The number of amides is 1. The van der Waals surface area contributed by atoms with Crippen LogP contribution < -0.4 is 10.6 Å². The predicted molar refractivity (Wildman–Crippen MR) is 85.8 cm³/mol. The third-order valence-corrected chi connectivity index (χ3v) is 4.35. The summed E-state index contributed by atoms with van der Waals surface area (Å²) in [5, 5.41) is 17.0. The summed E-state index contributed by atoms with van der Waals surface area (Å²) < 4.78 is 0. The van der Waals surface area contributed by atoms with Crippen molar-refractivity contribution in [2.45, 2.75) is 33.1 Å². The number of nitrogens with one attached hydrogen (secondary N) is 2. The lowest BCUT2D eigenvalue weighted by Gasteiger charge is -2.28. The number of piperidine rings is 1. The maximum Gasteiger partial charge on any atom is 0.271 e. The summed E-state index contributed by atoms with van der Waals surface area (Å²) in [5.74, 6) is 0.735. The third kappa shape index (κ3) is 4.27. The summed E-state index contributed by atoms with van der Waals surface area (Å²) >= 11 is 0. The van der Waals surface area contributed by atoms with Crippen LogP contribution in [0.5, 0.6) is 0 Å². The zero-order chi connectivity index (χ0) is 16.1. The first-order valence-electron chi connectivity index (χ1n) is 7.73. The van der Waals surface area contributed by atoms with Gasteiger partial charge in [-0.15, -0.1) is 0 Å². The van der Waals surface area contributed by atoms with E-state index in [9.17, 15) is 14.9 Å². The summed E-state index contributed by atoms with van der Waals surface area (Å²) in [5.41, 5.74) is 1.34. The molecule has 2 N–H and O–H groups in total. The molecule has 0 saturated carbocycles. The molecule has 2 rings (SSSR count). The van der Waals surface area contributed by atoms with Crippen LogP contribution in [0, 0.1) is 28.9 Å². The molecule has 1 aliphatic heterocycles. The van der Waals surface area contributed by atoms with Crippen LogP contribution in [-0.4, -0.2) is 23.9 Å². The summed E-state index contributed by atoms with van der Waals surface area (Å²) in [6, 6.07) is 4.52. The second kappa shape index (κ2) is 7.35. The number of anilines is 1. The highest BCUT2D eigenvalue weighted by atomic mass is 16.6. The lowest BCUT2D eigenvalue weighted by atomic mass is 9.85. The summed E-state index contributed by atoms with van der Waals surface area (Å²) in [4.78, 5) is 22.6. The molecule has 2 atom stereocenters. The second-order valence-electron chi connectivity index (χ2n) is 6.09. The van der Waals surface area contributed by atoms with E-state index in [0.717, 1.165) is 31.5 Å². The van der Waals surface area contributed by atoms with Gasteiger partial charge < -0.3 is 10.6 Å². The van der Waals surface area contributed by atoms with Crippen LogP contribution >= 0.6 is 0 Å². The molecule has 1 aromatic carbocycles. The van der Waals surface area contributed by atoms with Gasteiger partial charge in [0.25, 0.3) is 5.69 Å². The minimum Gasteiger partial charge on any atom is -0.326 e. The van der Waals surface area contributed by atoms with E-state index in [2.05, 4.69) is 17.6 Å². The molecule has 2 unspecified atom stereocenters. The topological polar surface area (TPSA) is 84.3 Å². The molecule has 0 aromatic heterocycles. The van der Waals surface area contributed by atoms with Crippen molar-refractivity contribution in [3.8, 4) is 0 Å². The Labute approximate surface area is 130 Å². The Balaban J connectivity index is 1.96. The van der Waals surface area contributed by atoms with Crippen LogP contribution in [0.2, 0.25) is 0 Å². The van der Waals surface area contributed by atoms with E-state index in [4.69, 9.17) is 0 Å². The first-order valence-corrected chi connectivity index (χ1v) is 7.73. The first kappa shape index (κ1) is 16.4. The molecule has 1 amide bonds. The monoisotopic (exact) mass is 305 g/mol. The van der Waals surface area contributed by atoms with Crippen LogP contribution in [0.3, 0.4) is 0 Å². The molecule has 6 nitrogen and oxygen atoms in total. The molecule has 0 aliphatic carbocycles. The lowest BCUT2D eigenvalue weighted by molar-refractivity contribution is -0.384. The van der Waals surface area contributed by atoms with Crippen LogP contribution in [0.15, 0.2) is 18.2 Å². The van der Waals surface area contributed by atoms with E-state index in [-0.39, 0.29) is 11.6 Å². The Morgan fingerprint density at radius 3 is 2.95 bits per heavy atom. The summed E-state index contributed by atoms with van der Waals surface area (Å²) in [7, 11) is 0. The molecule has 1 heterocycles. The van der Waals surface area contributed by atoms with Crippen LogP contribution in [0.4, 0.5) is 11.4 Å². The molecule has 120 valence electrons. The maximum atomic E-state index is 12.2. The Morgan fingerprint density at radius 2 is 2.32 bits per heavy atom. The van der Waals surface area contributed by atoms with Gasteiger partial charge in [0.2, 0.25) is 5.91 Å². The Bertz CT molecular complexity index is 554. The van der Waals surface area contributed by atoms with Gasteiger partial charge in [-0.3, -0.25) is 14.9 Å². The second-order valence-corrected chi connectivity index (χ2v) is 6.09. The average molecular weight is 305 g/mol. The van der Waals surface area contributed by atoms with Gasteiger partial charge >= 0.3 is 0 Å². The van der Waals surface area contributed by atoms with Gasteiger partial charge in [0, 0.05) is 18.6 Å². The summed E-state index contributed by atoms with van der Waals surface area (Å²) in [6.07, 6.45) is 2.74. The fourth-order valence-electron chi connectivity index (χ4n) is 2.88. The van der Waals surface area contributed by atoms with Crippen molar-refractivity contribution in [3.63, 3.8) is 0 Å². The van der Waals surface area contributed by atoms with Gasteiger partial charge in [-0.05, 0) is 50.3 Å². The predicted octanol–water partition coefficient (Wildman–Crippen LogP) is 2.87. The molecule has 1 saturated heterocycles. The number of hydrogen-bond donors (Lipinski definition) is 2. The van der Waals surface area contributed by atoms with Crippen LogP contribution in [-0.2, 0) is 4.79 Å². The number of nitrogens with zero attached hydrogens (tertiary/aromatic N) is 1. The Morgan fingerprint density at radius 1 is 1.55 bits per heavy atom. The van der Waals surface area contributed by atoms with Crippen molar-refractivity contribution in [2.24, 2.45) is 11.8 Å². The fourth-order valence-corrected chi connectivity index (χ4v) is 2.88. The minimum absolute atomic E-state index is 0.00886. The average Bonchev–Trinajstić information content (AvgIpc) is 2.50. The van der Waals surface area contributed by atoms with E-state index in [1.165, 1.54) is 12.1 Å². The zero-order valence-electron chi connectivity index (χ0n) is 13.1. The molecule has 22 heavy (non-hydrogen) atoms. The number of nitro benzene ring substituents is 1. The van der Waals surface area contributed by atoms with Crippen molar-refractivity contribution in [2.75, 3.05) is 18.4 Å². The first-order chi connectivity index (χ1) is 10.5. The van der Waals surface area contributed by atoms with Gasteiger partial charge in [-0.2, -0.15) is 0 Å². The SMILES string of the molecule is Cc1ccc([N+](=O)[O-])cc1NC(=O)CC(C)C1CCCNC1. The molecule has 1 aromatic rings. The number of nitro groups is 1. The number of hydrogen-bond acceptors (Lipinski definition) is 4. The van der Waals surface area contributed by atoms with Crippen molar-refractivity contribution < 1.29 is 9.72 Å². The highest BCUT2D eigenvalue weighted by molar-refractivity contribution is 5.92. The maximum absolute atomic E-state index is 12.2. The van der Waals surface area contributed by atoms with E-state index < -0.39 is 4.92 Å². The van der Waals surface area contributed by atoms with Gasteiger partial charge in [0.15, 0.2) is 0 Å². The van der Waals surface area contributed by atoms with Crippen LogP contribution in [0.25, 0.3) is 0 Å². The number of carbonyl (C=O) groups excluding carboxylic acids is 1. The number of benzene rings is 1. The van der Waals surface area contributed by atoms with Gasteiger partial charge in [-0.1, -0.05) is 13.0 Å². The number of carbonyl (C=O) groups is 1. The number of aryl methyl sites for hydroxylation is 1. The third-order valence-electron chi connectivity index (χ3n) is 4.35. The van der Waals surface area contributed by atoms with E-state index >= 15 is 0 Å². The van der Waals surface area contributed by atoms with E-state index in [1.807, 2.05) is 6.92 Å². The Hall–Kier alpha value is -1.95. The molecule has 0 radical (unpaired) electrons. The van der Waals surface area contributed by atoms with Gasteiger partial charge in [0.05, 0.1) is 10.6 Å². The largest absolute Gasteiger partial charge is 0.326 e. The van der Waals surface area contributed by atoms with Crippen LogP contribution in [0.1, 0.15) is 31.7 Å². The molecule has 1 aliphatic rings. The molecular formula is C16H23N3O3. The highest BCUT2D eigenvalue weighted by Crippen LogP contribution is 2.25. The smallest absolute Gasteiger partial charge is 0.271 e. The molecular weight excluding hydrogens is 282 g/mol. The van der Waals surface area contributed by atoms with E-state index in [0.29, 0.717) is 23.9 Å². The van der Waals surface area contributed by atoms with Crippen molar-refractivity contribution >= 4 is 17.3 Å². The van der Waals surface area contributed by atoms with Crippen molar-refractivity contribution in [1.82, 2.24) is 5.32 Å². The van der Waals surface area contributed by atoms with E-state index in [1.54, 1.807) is 6.07 Å².